The number of halogens is 1. The summed E-state index contributed by atoms with van der Waals surface area (Å²) in [6.45, 7) is 3.58. The van der Waals surface area contributed by atoms with Crippen LogP contribution in [0.1, 0.15) is 11.3 Å². The molecule has 0 saturated carbocycles. The lowest BCUT2D eigenvalue weighted by Crippen LogP contribution is -2.52. The van der Waals surface area contributed by atoms with Crippen LogP contribution in [-0.2, 0) is 16.1 Å². The minimum Gasteiger partial charge on any atom is -0.480 e. The van der Waals surface area contributed by atoms with Gasteiger partial charge in [0.15, 0.2) is 0 Å². The first-order valence-corrected chi connectivity index (χ1v) is 9.05. The van der Waals surface area contributed by atoms with Crippen LogP contribution in [0.3, 0.4) is 0 Å². The van der Waals surface area contributed by atoms with Crippen LogP contribution in [0.15, 0.2) is 22.6 Å². The Morgan fingerprint density at radius 3 is 2.96 bits per heavy atom. The van der Waals surface area contributed by atoms with E-state index in [-0.39, 0.29) is 31.0 Å². The average Bonchev–Trinajstić information content (AvgIpc) is 2.94. The lowest BCUT2D eigenvalue weighted by Gasteiger charge is -2.34. The number of aryl methyl sites for hydroxylation is 1. The van der Waals surface area contributed by atoms with Crippen LogP contribution in [-0.4, -0.2) is 72.8 Å². The van der Waals surface area contributed by atoms with E-state index in [1.165, 1.54) is 12.1 Å². The molecule has 0 spiro atoms. The summed E-state index contributed by atoms with van der Waals surface area (Å²) in [5.74, 6) is -0.659. The number of carbonyl (C=O) groups is 2. The molecule has 8 nitrogen and oxygen atoms in total. The second kappa shape index (κ2) is 8.57. The quantitative estimate of drug-likeness (QED) is 0.777. The van der Waals surface area contributed by atoms with Gasteiger partial charge in [-0.25, -0.2) is 9.18 Å². The second-order valence-electron chi connectivity index (χ2n) is 6.98. The zero-order valence-electron chi connectivity index (χ0n) is 15.9. The highest BCUT2D eigenvalue weighted by atomic mass is 19.1. The predicted molar refractivity (Wildman–Crippen MR) is 99.6 cm³/mol. The first-order valence-electron chi connectivity index (χ1n) is 9.05. The number of rotatable bonds is 6. The first kappa shape index (κ1) is 20.1. The Labute approximate surface area is 161 Å². The van der Waals surface area contributed by atoms with Gasteiger partial charge in [0.05, 0.1) is 25.8 Å². The normalized spacial score (nSPS) is 17.3. The molecule has 1 aliphatic rings. The maximum Gasteiger partial charge on any atom is 0.317 e. The Bertz CT molecular complexity index is 869. The third-order valence-electron chi connectivity index (χ3n) is 4.74. The molecule has 9 heteroatoms. The summed E-state index contributed by atoms with van der Waals surface area (Å²) in [7, 11) is 1.70. The van der Waals surface area contributed by atoms with Crippen LogP contribution < -0.4 is 5.32 Å². The van der Waals surface area contributed by atoms with Gasteiger partial charge in [-0.05, 0) is 32.2 Å². The van der Waals surface area contributed by atoms with Crippen LogP contribution in [0, 0.1) is 12.7 Å². The van der Waals surface area contributed by atoms with Crippen molar-refractivity contribution in [3.05, 3.63) is 35.3 Å². The van der Waals surface area contributed by atoms with E-state index in [0.29, 0.717) is 43.0 Å². The fraction of sp³-hybridized carbons (Fsp3) is 0.474. The molecule has 1 aromatic carbocycles. The van der Waals surface area contributed by atoms with Gasteiger partial charge >= 0.3 is 12.0 Å². The van der Waals surface area contributed by atoms with E-state index < -0.39 is 5.97 Å². The number of carboxylic acids is 1. The minimum absolute atomic E-state index is 0.0853. The second-order valence-corrected chi connectivity index (χ2v) is 6.98. The zero-order valence-corrected chi connectivity index (χ0v) is 15.9. The molecule has 2 N–H and O–H groups in total. The van der Waals surface area contributed by atoms with Crippen LogP contribution in [0.25, 0.3) is 11.0 Å². The number of morpholine rings is 1. The summed E-state index contributed by atoms with van der Waals surface area (Å²) in [6, 6.07) is 4.08. The molecule has 3 rings (SSSR count). The number of benzene rings is 1. The van der Waals surface area contributed by atoms with Crippen molar-refractivity contribution in [3.8, 4) is 0 Å². The molecule has 0 radical (unpaired) electrons. The van der Waals surface area contributed by atoms with E-state index in [1.54, 1.807) is 22.9 Å². The largest absolute Gasteiger partial charge is 0.480 e. The Kier molecular flexibility index (Phi) is 6.15. The SMILES string of the molecule is Cc1c(CNC(=O)N2CCOC(CN(C)CC(=O)O)C2)oc2ccc(F)cc12. The molecule has 2 aromatic rings. The molecule has 28 heavy (non-hydrogen) atoms. The molecule has 0 aliphatic carbocycles. The topological polar surface area (TPSA) is 95.3 Å². The summed E-state index contributed by atoms with van der Waals surface area (Å²) in [5, 5.41) is 12.4. The number of aliphatic carboxylic acids is 1. The summed E-state index contributed by atoms with van der Waals surface area (Å²) in [5.41, 5.74) is 1.38. The Morgan fingerprint density at radius 2 is 2.21 bits per heavy atom. The molecule has 1 saturated heterocycles. The number of hydrogen-bond donors (Lipinski definition) is 2. The third-order valence-corrected chi connectivity index (χ3v) is 4.74. The summed E-state index contributed by atoms with van der Waals surface area (Å²) >= 11 is 0. The maximum atomic E-state index is 13.4. The van der Waals surface area contributed by atoms with E-state index in [1.807, 2.05) is 6.92 Å². The average molecular weight is 393 g/mol. The highest BCUT2D eigenvalue weighted by molar-refractivity contribution is 5.82. The van der Waals surface area contributed by atoms with E-state index in [4.69, 9.17) is 14.3 Å². The molecule has 1 unspecified atom stereocenters. The van der Waals surface area contributed by atoms with Crippen molar-refractivity contribution >= 4 is 23.0 Å². The molecular formula is C19H24FN3O5. The number of amides is 2. The lowest BCUT2D eigenvalue weighted by atomic mass is 10.1. The van der Waals surface area contributed by atoms with Crippen molar-refractivity contribution < 1.29 is 28.2 Å². The van der Waals surface area contributed by atoms with Crippen LogP contribution >= 0.6 is 0 Å². The number of nitrogens with one attached hydrogen (secondary N) is 1. The van der Waals surface area contributed by atoms with Crippen LogP contribution in [0.5, 0.6) is 0 Å². The maximum absolute atomic E-state index is 13.4. The number of furan rings is 1. The lowest BCUT2D eigenvalue weighted by molar-refractivity contribution is -0.138. The zero-order chi connectivity index (χ0) is 20.3. The molecule has 1 aromatic heterocycles. The smallest absolute Gasteiger partial charge is 0.317 e. The van der Waals surface area contributed by atoms with Crippen LogP contribution in [0.4, 0.5) is 9.18 Å². The Hall–Kier alpha value is -2.65. The number of carboxylic acid groups (broad SMARTS) is 1. The molecule has 1 aliphatic heterocycles. The summed E-state index contributed by atoms with van der Waals surface area (Å²) in [4.78, 5) is 26.6. The predicted octanol–water partition coefficient (Wildman–Crippen LogP) is 1.81. The van der Waals surface area contributed by atoms with Crippen molar-refractivity contribution in [2.75, 3.05) is 39.8 Å². The molecule has 152 valence electrons. The Morgan fingerprint density at radius 1 is 1.43 bits per heavy atom. The molecule has 1 fully saturated rings. The molecule has 2 heterocycles. The van der Waals surface area contributed by atoms with Gasteiger partial charge in [0, 0.05) is 30.6 Å². The molecule has 1 atom stereocenters. The molecule has 0 bridgehead atoms. The van der Waals surface area contributed by atoms with Crippen LogP contribution in [0.2, 0.25) is 0 Å². The minimum atomic E-state index is -0.908. The van der Waals surface area contributed by atoms with Crippen molar-refractivity contribution in [1.82, 2.24) is 15.1 Å². The number of fused-ring (bicyclic) bond motifs is 1. The number of nitrogens with zero attached hydrogens (tertiary/aromatic N) is 2. The van der Waals surface area contributed by atoms with Gasteiger partial charge in [0.2, 0.25) is 0 Å². The van der Waals surface area contributed by atoms with Gasteiger partial charge in [-0.3, -0.25) is 9.69 Å². The molecule has 2 amide bonds. The number of carbonyl (C=O) groups excluding carboxylic acids is 1. The van der Waals surface area contributed by atoms with Crippen molar-refractivity contribution in [1.29, 1.82) is 0 Å². The van der Waals surface area contributed by atoms with Gasteiger partial charge in [-0.2, -0.15) is 0 Å². The van der Waals surface area contributed by atoms with Gasteiger partial charge < -0.3 is 24.5 Å². The van der Waals surface area contributed by atoms with E-state index in [2.05, 4.69) is 5.32 Å². The number of urea groups is 1. The number of hydrogen-bond acceptors (Lipinski definition) is 5. The molecular weight excluding hydrogens is 369 g/mol. The first-order chi connectivity index (χ1) is 13.3. The van der Waals surface area contributed by atoms with Crippen molar-refractivity contribution in [2.45, 2.75) is 19.6 Å². The van der Waals surface area contributed by atoms with Gasteiger partial charge in [-0.1, -0.05) is 0 Å². The summed E-state index contributed by atoms with van der Waals surface area (Å²) < 4.78 is 24.8. The Balaban J connectivity index is 1.56. The van der Waals surface area contributed by atoms with Gasteiger partial charge in [0.25, 0.3) is 0 Å². The summed E-state index contributed by atoms with van der Waals surface area (Å²) in [6.07, 6.45) is -0.250. The van der Waals surface area contributed by atoms with Gasteiger partial charge in [0.1, 0.15) is 17.2 Å². The number of likely N-dealkylation sites (N-methyl/N-ethyl adjacent to an activating group) is 1. The fourth-order valence-corrected chi connectivity index (χ4v) is 3.34. The number of ether oxygens (including phenoxy) is 1. The van der Waals surface area contributed by atoms with E-state index in [0.717, 1.165) is 5.56 Å². The van der Waals surface area contributed by atoms with Gasteiger partial charge in [-0.15, -0.1) is 0 Å². The van der Waals surface area contributed by atoms with E-state index >= 15 is 0 Å². The fourth-order valence-electron chi connectivity index (χ4n) is 3.34. The highest BCUT2D eigenvalue weighted by Gasteiger charge is 2.26. The standard InChI is InChI=1S/C19H24FN3O5/c1-12-15-7-13(20)3-4-16(15)28-17(12)8-21-19(26)23-5-6-27-14(10-23)9-22(2)11-18(24)25/h3-4,7,14H,5-6,8-11H2,1-2H3,(H,21,26)(H,24,25). The van der Waals surface area contributed by atoms with Crippen molar-refractivity contribution in [3.63, 3.8) is 0 Å². The van der Waals surface area contributed by atoms with E-state index in [9.17, 15) is 14.0 Å². The third kappa shape index (κ3) is 4.79. The van der Waals surface area contributed by atoms with Crippen molar-refractivity contribution in [2.24, 2.45) is 0 Å². The highest BCUT2D eigenvalue weighted by Crippen LogP contribution is 2.25. The monoisotopic (exact) mass is 393 g/mol.